The van der Waals surface area contributed by atoms with E-state index in [-0.39, 0.29) is 11.6 Å². The average Bonchev–Trinajstić information content (AvgIpc) is 2.02. The largest absolute Gasteiger partial charge is 0.283 e. The third kappa shape index (κ3) is 2.22. The van der Waals surface area contributed by atoms with Crippen LogP contribution in [0, 0.1) is 17.2 Å². The lowest BCUT2D eigenvalue weighted by Crippen LogP contribution is -2.52. The second-order valence-electron chi connectivity index (χ2n) is 5.06. The fourth-order valence-corrected chi connectivity index (χ4v) is 2.14. The van der Waals surface area contributed by atoms with Crippen LogP contribution in [0.25, 0.3) is 0 Å². The number of rotatable bonds is 0. The Balaban J connectivity index is 2.78. The molecule has 0 aromatic heterocycles. The Labute approximate surface area is 81.5 Å². The first-order valence-corrected chi connectivity index (χ1v) is 5.13. The fraction of sp³-hybridized carbons (Fsp3) is 0.909. The van der Waals surface area contributed by atoms with E-state index in [9.17, 15) is 0 Å². The Morgan fingerprint density at radius 3 is 2.38 bits per heavy atom. The van der Waals surface area contributed by atoms with Crippen LogP contribution in [0.15, 0.2) is 0 Å². The van der Waals surface area contributed by atoms with E-state index in [1.165, 1.54) is 12.8 Å². The summed E-state index contributed by atoms with van der Waals surface area (Å²) in [6.45, 7) is 9.83. The lowest BCUT2D eigenvalue weighted by molar-refractivity contribution is 0.0490. The SMILES string of the molecule is CC1CCCN(C(C)(C)C)C1C#N. The van der Waals surface area contributed by atoms with E-state index >= 15 is 0 Å². The first-order chi connectivity index (χ1) is 5.96. The summed E-state index contributed by atoms with van der Waals surface area (Å²) in [6.07, 6.45) is 2.43. The van der Waals surface area contributed by atoms with Gasteiger partial charge in [0, 0.05) is 5.54 Å². The molecule has 2 atom stereocenters. The summed E-state index contributed by atoms with van der Waals surface area (Å²) in [5.41, 5.74) is 0.134. The minimum absolute atomic E-state index is 0.119. The second-order valence-corrected chi connectivity index (χ2v) is 5.06. The molecule has 1 rings (SSSR count). The quantitative estimate of drug-likeness (QED) is 0.572. The molecule has 0 bridgehead atoms. The van der Waals surface area contributed by atoms with Crippen molar-refractivity contribution in [3.05, 3.63) is 0 Å². The molecular weight excluding hydrogens is 160 g/mol. The Hall–Kier alpha value is -0.550. The maximum absolute atomic E-state index is 9.10. The minimum Gasteiger partial charge on any atom is -0.283 e. The van der Waals surface area contributed by atoms with Crippen molar-refractivity contribution in [2.45, 2.75) is 52.1 Å². The van der Waals surface area contributed by atoms with Crippen LogP contribution >= 0.6 is 0 Å². The average molecular weight is 180 g/mol. The smallest absolute Gasteiger partial charge is 0.101 e. The first kappa shape index (κ1) is 10.5. The van der Waals surface area contributed by atoms with Gasteiger partial charge in [0.1, 0.15) is 6.04 Å². The van der Waals surface area contributed by atoms with Crippen molar-refractivity contribution in [2.24, 2.45) is 5.92 Å². The van der Waals surface area contributed by atoms with E-state index < -0.39 is 0 Å². The van der Waals surface area contributed by atoms with Gasteiger partial charge in [-0.25, -0.2) is 0 Å². The topological polar surface area (TPSA) is 27.0 Å². The van der Waals surface area contributed by atoms with Gasteiger partial charge in [0.15, 0.2) is 0 Å². The number of hydrogen-bond acceptors (Lipinski definition) is 2. The first-order valence-electron chi connectivity index (χ1n) is 5.13. The lowest BCUT2D eigenvalue weighted by atomic mass is 9.88. The number of hydrogen-bond donors (Lipinski definition) is 0. The molecule has 2 heteroatoms. The Kier molecular flexibility index (Phi) is 2.98. The molecule has 0 aromatic rings. The molecule has 0 amide bonds. The summed E-state index contributed by atoms with van der Waals surface area (Å²) in [7, 11) is 0. The third-order valence-electron chi connectivity index (χ3n) is 2.93. The molecule has 1 fully saturated rings. The highest BCUT2D eigenvalue weighted by atomic mass is 15.2. The highest BCUT2D eigenvalue weighted by molar-refractivity contribution is 5.01. The van der Waals surface area contributed by atoms with Gasteiger partial charge < -0.3 is 0 Å². The van der Waals surface area contributed by atoms with E-state index in [4.69, 9.17) is 5.26 Å². The van der Waals surface area contributed by atoms with Gasteiger partial charge in [-0.2, -0.15) is 5.26 Å². The highest BCUT2D eigenvalue weighted by Gasteiger charge is 2.34. The fourth-order valence-electron chi connectivity index (χ4n) is 2.14. The molecule has 2 unspecified atom stereocenters. The molecule has 0 spiro atoms. The Morgan fingerprint density at radius 2 is 2.00 bits per heavy atom. The molecular formula is C11H20N2. The molecule has 1 heterocycles. The van der Waals surface area contributed by atoms with Crippen LogP contribution in [-0.2, 0) is 0 Å². The van der Waals surface area contributed by atoms with Crippen molar-refractivity contribution < 1.29 is 0 Å². The molecule has 74 valence electrons. The molecule has 2 nitrogen and oxygen atoms in total. The van der Waals surface area contributed by atoms with Crippen LogP contribution < -0.4 is 0 Å². The maximum atomic E-state index is 9.10. The molecule has 0 radical (unpaired) electrons. The van der Waals surface area contributed by atoms with E-state index in [0.717, 1.165) is 6.54 Å². The van der Waals surface area contributed by atoms with Crippen LogP contribution in [0.2, 0.25) is 0 Å². The monoisotopic (exact) mass is 180 g/mol. The third-order valence-corrected chi connectivity index (χ3v) is 2.93. The van der Waals surface area contributed by atoms with E-state index in [2.05, 4.69) is 38.7 Å². The van der Waals surface area contributed by atoms with Gasteiger partial charge in [-0.05, 0) is 46.1 Å². The van der Waals surface area contributed by atoms with E-state index in [1.54, 1.807) is 0 Å². The molecule has 0 aliphatic carbocycles. The van der Waals surface area contributed by atoms with Crippen LogP contribution in [-0.4, -0.2) is 23.0 Å². The van der Waals surface area contributed by atoms with E-state index in [1.807, 2.05) is 0 Å². The molecule has 1 aliphatic rings. The summed E-state index contributed by atoms with van der Waals surface area (Å²) < 4.78 is 0. The summed E-state index contributed by atoms with van der Waals surface area (Å²) in [4.78, 5) is 2.33. The van der Waals surface area contributed by atoms with Crippen LogP contribution in [0.1, 0.15) is 40.5 Å². The molecule has 0 saturated carbocycles. The summed E-state index contributed by atoms with van der Waals surface area (Å²) in [5.74, 6) is 0.526. The molecule has 0 aromatic carbocycles. The zero-order valence-corrected chi connectivity index (χ0v) is 9.17. The number of piperidine rings is 1. The summed E-state index contributed by atoms with van der Waals surface area (Å²) >= 11 is 0. The maximum Gasteiger partial charge on any atom is 0.101 e. The zero-order chi connectivity index (χ0) is 10.1. The molecule has 1 saturated heterocycles. The van der Waals surface area contributed by atoms with Gasteiger partial charge >= 0.3 is 0 Å². The van der Waals surface area contributed by atoms with Crippen molar-refractivity contribution in [1.29, 1.82) is 5.26 Å². The van der Waals surface area contributed by atoms with Gasteiger partial charge in [-0.15, -0.1) is 0 Å². The Bertz CT molecular complexity index is 209. The zero-order valence-electron chi connectivity index (χ0n) is 9.17. The molecule has 1 aliphatic heterocycles. The van der Waals surface area contributed by atoms with E-state index in [0.29, 0.717) is 5.92 Å². The van der Waals surface area contributed by atoms with Crippen molar-refractivity contribution in [3.63, 3.8) is 0 Å². The van der Waals surface area contributed by atoms with Gasteiger partial charge in [-0.1, -0.05) is 6.92 Å². The van der Waals surface area contributed by atoms with Crippen molar-refractivity contribution >= 4 is 0 Å². The lowest BCUT2D eigenvalue weighted by Gasteiger charge is -2.44. The van der Waals surface area contributed by atoms with Gasteiger partial charge in [0.2, 0.25) is 0 Å². The van der Waals surface area contributed by atoms with Crippen molar-refractivity contribution in [3.8, 4) is 6.07 Å². The number of nitrogens with zero attached hydrogens (tertiary/aromatic N) is 2. The summed E-state index contributed by atoms with van der Waals surface area (Å²) in [5, 5.41) is 9.10. The van der Waals surface area contributed by atoms with Crippen LogP contribution in [0.3, 0.4) is 0 Å². The highest BCUT2D eigenvalue weighted by Crippen LogP contribution is 2.28. The van der Waals surface area contributed by atoms with Crippen molar-refractivity contribution in [2.75, 3.05) is 6.54 Å². The van der Waals surface area contributed by atoms with Crippen LogP contribution in [0.5, 0.6) is 0 Å². The number of nitriles is 1. The molecule has 13 heavy (non-hydrogen) atoms. The van der Waals surface area contributed by atoms with Gasteiger partial charge in [0.25, 0.3) is 0 Å². The normalized spacial score (nSPS) is 31.3. The number of likely N-dealkylation sites (tertiary alicyclic amines) is 1. The predicted molar refractivity (Wildman–Crippen MR) is 54.3 cm³/mol. The van der Waals surface area contributed by atoms with Crippen molar-refractivity contribution in [1.82, 2.24) is 4.90 Å². The molecule has 0 N–H and O–H groups in total. The van der Waals surface area contributed by atoms with Crippen LogP contribution in [0.4, 0.5) is 0 Å². The second kappa shape index (κ2) is 3.67. The standard InChI is InChI=1S/C11H20N2/c1-9-6-5-7-13(10(9)8-12)11(2,3)4/h9-10H,5-7H2,1-4H3. The predicted octanol–water partition coefficient (Wildman–Crippen LogP) is 2.41. The van der Waals surface area contributed by atoms with Gasteiger partial charge in [-0.3, -0.25) is 4.90 Å². The summed E-state index contributed by atoms with van der Waals surface area (Å²) in [6, 6.07) is 2.56. The Morgan fingerprint density at radius 1 is 1.38 bits per heavy atom. The minimum atomic E-state index is 0.119. The van der Waals surface area contributed by atoms with Gasteiger partial charge in [0.05, 0.1) is 6.07 Å².